The first-order valence-corrected chi connectivity index (χ1v) is 24.7. The molecule has 167 valence electrons. The molecule has 0 rings (SSSR count). The largest absolute Gasteiger partial charge is 0.455 e. The van der Waals surface area contributed by atoms with Crippen molar-refractivity contribution in [1.82, 2.24) is 0 Å². The van der Waals surface area contributed by atoms with Gasteiger partial charge in [0.05, 0.1) is 6.61 Å². The molecule has 0 saturated heterocycles. The average Bonchev–Trinajstić information content (AvgIpc) is 2.35. The number of hydrogen-bond acceptors (Lipinski definition) is 7. The second-order valence-corrected chi connectivity index (χ2v) is 29.7. The van der Waals surface area contributed by atoms with E-state index in [4.69, 9.17) is 21.2 Å². The van der Waals surface area contributed by atoms with Crippen molar-refractivity contribution in [2.24, 2.45) is 0 Å². The Hall–Kier alpha value is 0.354. The summed E-state index contributed by atoms with van der Waals surface area (Å²) in [5, 5.41) is 0. The highest BCUT2D eigenvalue weighted by Gasteiger charge is 2.45. The molecule has 0 aromatic heterocycles. The first kappa shape index (κ1) is 28.4. The van der Waals surface area contributed by atoms with Crippen LogP contribution < -0.4 is 0 Å². The molecule has 0 heterocycles. The van der Waals surface area contributed by atoms with E-state index < -0.39 is 42.3 Å². The summed E-state index contributed by atoms with van der Waals surface area (Å²) in [5.41, 5.74) is 0. The second-order valence-electron chi connectivity index (χ2n) is 9.77. The standard InChI is InChI=1S/C16H41O7Si5/c1-24(2,3)20-26(6,7)22-28(10,11)23-27(8,9)21-25(4,5)15-14-18-12-13-19-16-17/h12-15H2,1-11H3. The van der Waals surface area contributed by atoms with Gasteiger partial charge in [0.1, 0.15) is 6.61 Å². The zero-order valence-corrected chi connectivity index (χ0v) is 24.7. The van der Waals surface area contributed by atoms with Gasteiger partial charge in [0.15, 0.2) is 16.6 Å². The van der Waals surface area contributed by atoms with Gasteiger partial charge in [0.25, 0.3) is 0 Å². The highest BCUT2D eigenvalue weighted by Crippen LogP contribution is 2.26. The van der Waals surface area contributed by atoms with Crippen LogP contribution in [0.25, 0.3) is 0 Å². The normalized spacial score (nSPS) is 14.2. The van der Waals surface area contributed by atoms with Crippen LogP contribution in [0.1, 0.15) is 0 Å². The van der Waals surface area contributed by atoms with Gasteiger partial charge < -0.3 is 25.9 Å². The van der Waals surface area contributed by atoms with Crippen molar-refractivity contribution in [3.8, 4) is 0 Å². The van der Waals surface area contributed by atoms with E-state index in [9.17, 15) is 4.79 Å². The number of carbonyl (C=O) groups excluding carboxylic acids is 1. The summed E-state index contributed by atoms with van der Waals surface area (Å²) >= 11 is 0. The first-order chi connectivity index (χ1) is 12.4. The zero-order chi connectivity index (χ0) is 22.3. The van der Waals surface area contributed by atoms with Crippen molar-refractivity contribution in [1.29, 1.82) is 0 Å². The van der Waals surface area contributed by atoms with Crippen molar-refractivity contribution in [2.75, 3.05) is 19.8 Å². The lowest BCUT2D eigenvalue weighted by atomic mass is 10.7. The van der Waals surface area contributed by atoms with Crippen LogP contribution in [0.5, 0.6) is 0 Å². The third-order valence-corrected chi connectivity index (χ3v) is 21.2. The number of hydrogen-bond donors (Lipinski definition) is 0. The SMILES string of the molecule is C[Si](C)(C)O[Si](C)(C)O[Si](C)(C)O[Si](C)(C)O[Si](C)(C)CCOCCO[C]=O. The second kappa shape index (κ2) is 11.1. The van der Waals surface area contributed by atoms with Crippen molar-refractivity contribution in [2.45, 2.75) is 78.1 Å². The van der Waals surface area contributed by atoms with Gasteiger partial charge in [-0.25, -0.2) is 4.79 Å². The molecule has 0 amide bonds. The van der Waals surface area contributed by atoms with Crippen LogP contribution in [0, 0.1) is 0 Å². The Morgan fingerprint density at radius 3 is 1.54 bits per heavy atom. The van der Waals surface area contributed by atoms with Gasteiger partial charge in [-0.05, 0) is 78.1 Å². The average molecular weight is 486 g/mol. The van der Waals surface area contributed by atoms with E-state index in [1.807, 2.05) is 0 Å². The zero-order valence-electron chi connectivity index (χ0n) is 19.7. The topological polar surface area (TPSA) is 72.5 Å². The Balaban J connectivity index is 4.67. The van der Waals surface area contributed by atoms with Crippen LogP contribution >= 0.6 is 0 Å². The summed E-state index contributed by atoms with van der Waals surface area (Å²) in [6.45, 7) is 26.0. The molecule has 0 aliphatic rings. The van der Waals surface area contributed by atoms with E-state index in [2.05, 4.69) is 76.8 Å². The Morgan fingerprint density at radius 1 is 0.607 bits per heavy atom. The van der Waals surface area contributed by atoms with E-state index in [-0.39, 0.29) is 6.61 Å². The molecular formula is C16H41O7Si5. The third-order valence-electron chi connectivity index (χ3n) is 3.29. The fourth-order valence-electron chi connectivity index (χ4n) is 3.26. The molecule has 0 N–H and O–H groups in total. The Labute approximate surface area is 177 Å². The molecule has 0 aromatic carbocycles. The van der Waals surface area contributed by atoms with Gasteiger partial charge in [-0.2, -0.15) is 0 Å². The van der Waals surface area contributed by atoms with Gasteiger partial charge in [0, 0.05) is 6.61 Å². The van der Waals surface area contributed by atoms with Gasteiger partial charge in [0.2, 0.25) is 0 Å². The maximum Gasteiger partial charge on any atom is 0.417 e. The predicted octanol–water partition coefficient (Wildman–Crippen LogP) is 4.30. The smallest absolute Gasteiger partial charge is 0.417 e. The summed E-state index contributed by atoms with van der Waals surface area (Å²) in [7, 11) is -10.6. The van der Waals surface area contributed by atoms with Gasteiger partial charge >= 0.3 is 32.2 Å². The molecular weight excluding hydrogens is 445 g/mol. The maximum atomic E-state index is 9.99. The van der Waals surface area contributed by atoms with Crippen LogP contribution in [0.2, 0.25) is 78.1 Å². The van der Waals surface area contributed by atoms with Crippen molar-refractivity contribution in [3.05, 3.63) is 0 Å². The summed E-state index contributed by atoms with van der Waals surface area (Å²) in [4.78, 5) is 9.99. The highest BCUT2D eigenvalue weighted by atomic mass is 28.5. The van der Waals surface area contributed by atoms with E-state index in [0.717, 1.165) is 6.04 Å². The van der Waals surface area contributed by atoms with Gasteiger partial charge in [-0.3, -0.25) is 0 Å². The molecule has 0 bridgehead atoms. The molecule has 0 aromatic rings. The summed E-state index contributed by atoms with van der Waals surface area (Å²) in [6, 6.07) is 0.847. The Kier molecular flexibility index (Phi) is 11.3. The lowest BCUT2D eigenvalue weighted by Crippen LogP contribution is -2.58. The minimum Gasteiger partial charge on any atom is -0.455 e. The summed E-state index contributed by atoms with van der Waals surface area (Å²) < 4.78 is 35.8. The minimum absolute atomic E-state index is 0.228. The molecule has 12 heteroatoms. The van der Waals surface area contributed by atoms with Gasteiger partial charge in [-0.15, -0.1) is 0 Å². The molecule has 0 spiro atoms. The number of rotatable bonds is 15. The van der Waals surface area contributed by atoms with E-state index in [1.165, 1.54) is 6.47 Å². The van der Waals surface area contributed by atoms with Crippen LogP contribution in [0.4, 0.5) is 0 Å². The molecule has 0 unspecified atom stereocenters. The van der Waals surface area contributed by atoms with E-state index in [0.29, 0.717) is 13.2 Å². The monoisotopic (exact) mass is 485 g/mol. The van der Waals surface area contributed by atoms with Crippen LogP contribution in [0.15, 0.2) is 0 Å². The van der Waals surface area contributed by atoms with Gasteiger partial charge in [-0.1, -0.05) is 0 Å². The van der Waals surface area contributed by atoms with E-state index >= 15 is 0 Å². The Bertz CT molecular complexity index is 478. The highest BCUT2D eigenvalue weighted by molar-refractivity contribution is 6.90. The lowest BCUT2D eigenvalue weighted by molar-refractivity contribution is 0.102. The van der Waals surface area contributed by atoms with Crippen LogP contribution in [0.3, 0.4) is 0 Å². The molecule has 7 nitrogen and oxygen atoms in total. The molecule has 28 heavy (non-hydrogen) atoms. The number of ether oxygens (including phenoxy) is 2. The van der Waals surface area contributed by atoms with Crippen molar-refractivity contribution in [3.63, 3.8) is 0 Å². The molecule has 0 aliphatic heterocycles. The van der Waals surface area contributed by atoms with Crippen molar-refractivity contribution >= 4 is 48.8 Å². The molecule has 0 fully saturated rings. The minimum atomic E-state index is -2.39. The fraction of sp³-hybridized carbons (Fsp3) is 0.938. The first-order valence-electron chi connectivity index (χ1n) is 9.76. The molecule has 1 radical (unpaired) electrons. The van der Waals surface area contributed by atoms with Crippen LogP contribution in [-0.2, 0) is 30.7 Å². The Morgan fingerprint density at radius 2 is 1.07 bits per heavy atom. The van der Waals surface area contributed by atoms with Crippen LogP contribution in [-0.4, -0.2) is 68.6 Å². The van der Waals surface area contributed by atoms with E-state index in [1.54, 1.807) is 0 Å². The summed E-state index contributed by atoms with van der Waals surface area (Å²) in [5.74, 6) is 0. The third kappa shape index (κ3) is 15.2. The molecule has 0 atom stereocenters. The quantitative estimate of drug-likeness (QED) is 0.253. The maximum absolute atomic E-state index is 9.99. The predicted molar refractivity (Wildman–Crippen MR) is 125 cm³/mol. The van der Waals surface area contributed by atoms with Crippen molar-refractivity contribution < 1.29 is 30.7 Å². The molecule has 0 saturated carbocycles. The molecule has 0 aliphatic carbocycles. The fourth-order valence-corrected chi connectivity index (χ4v) is 26.6. The lowest BCUT2D eigenvalue weighted by Gasteiger charge is -2.42. The summed E-state index contributed by atoms with van der Waals surface area (Å²) in [6.07, 6.45) is 0.